The molecule has 0 aliphatic carbocycles. The molecule has 3 heterocycles. The summed E-state index contributed by atoms with van der Waals surface area (Å²) < 4.78 is 15.6. The van der Waals surface area contributed by atoms with Crippen LogP contribution >= 0.6 is 0 Å². The fraction of sp³-hybridized carbons (Fsp3) is 0.516. The van der Waals surface area contributed by atoms with Gasteiger partial charge in [-0.2, -0.15) is 0 Å². The van der Waals surface area contributed by atoms with Crippen molar-refractivity contribution in [3.05, 3.63) is 35.5 Å². The first kappa shape index (κ1) is 34.9. The number of piperazine rings is 1. The summed E-state index contributed by atoms with van der Waals surface area (Å²) in [4.78, 5) is 84.2. The highest BCUT2D eigenvalue weighted by Crippen LogP contribution is 2.27. The van der Waals surface area contributed by atoms with Gasteiger partial charge in [0.25, 0.3) is 11.8 Å². The number of ether oxygens (including phenoxy) is 3. The molecule has 0 spiro atoms. The smallest absolute Gasteiger partial charge is 0.409 e. The second kappa shape index (κ2) is 15.5. The molecule has 2 aromatic rings. The van der Waals surface area contributed by atoms with Crippen LogP contribution in [-0.4, -0.2) is 137 Å². The molecular weight excluding hydrogens is 618 g/mol. The Labute approximate surface area is 270 Å². The number of aliphatic hydroxyl groups is 1. The van der Waals surface area contributed by atoms with Crippen LogP contribution in [-0.2, 0) is 28.7 Å². The van der Waals surface area contributed by atoms with Crippen molar-refractivity contribution < 1.29 is 53.2 Å². The number of hydrogen-bond donors (Lipinski definition) is 3. The van der Waals surface area contributed by atoms with Gasteiger partial charge in [-0.1, -0.05) is 6.07 Å². The number of carboxylic acid groups (broad SMARTS) is 1. The molecule has 3 atom stereocenters. The van der Waals surface area contributed by atoms with Crippen LogP contribution in [0.15, 0.2) is 24.3 Å². The van der Waals surface area contributed by atoms with Gasteiger partial charge in [-0.25, -0.2) is 14.6 Å². The minimum absolute atomic E-state index is 0.0308. The molecule has 1 aromatic heterocycles. The lowest BCUT2D eigenvalue weighted by Crippen LogP contribution is -2.56. The van der Waals surface area contributed by atoms with Crippen molar-refractivity contribution in [3.8, 4) is 5.75 Å². The lowest BCUT2D eigenvalue weighted by molar-refractivity contribution is -0.151. The number of rotatable bonds is 11. The van der Waals surface area contributed by atoms with E-state index in [1.807, 2.05) is 6.92 Å². The molecule has 2 aliphatic rings. The van der Waals surface area contributed by atoms with Crippen molar-refractivity contribution in [2.75, 3.05) is 53.0 Å². The molecule has 1 aromatic carbocycles. The fourth-order valence-electron chi connectivity index (χ4n) is 5.52. The third-order valence-electron chi connectivity index (χ3n) is 7.95. The van der Waals surface area contributed by atoms with Gasteiger partial charge in [0.2, 0.25) is 5.91 Å². The molecule has 2 fully saturated rings. The number of aliphatic hydroxyl groups excluding tert-OH is 1. The van der Waals surface area contributed by atoms with Gasteiger partial charge in [-0.3, -0.25) is 19.2 Å². The van der Waals surface area contributed by atoms with Crippen molar-refractivity contribution in [3.63, 3.8) is 0 Å². The lowest BCUT2D eigenvalue weighted by Gasteiger charge is -2.35. The second-order valence-corrected chi connectivity index (χ2v) is 11.3. The van der Waals surface area contributed by atoms with E-state index in [4.69, 9.17) is 14.2 Å². The van der Waals surface area contributed by atoms with Crippen LogP contribution in [0, 0.1) is 6.92 Å². The first-order valence-corrected chi connectivity index (χ1v) is 15.2. The number of pyridine rings is 1. The van der Waals surface area contributed by atoms with E-state index in [0.717, 1.165) is 5.56 Å². The summed E-state index contributed by atoms with van der Waals surface area (Å²) in [6.45, 7) is 3.90. The highest BCUT2D eigenvalue weighted by Gasteiger charge is 2.40. The van der Waals surface area contributed by atoms with Gasteiger partial charge in [0, 0.05) is 57.0 Å². The maximum atomic E-state index is 13.5. The summed E-state index contributed by atoms with van der Waals surface area (Å²) in [6, 6.07) is 4.37. The number of carbonyl (C=O) groups excluding carboxylic acids is 5. The number of benzene rings is 1. The van der Waals surface area contributed by atoms with Crippen LogP contribution in [0.3, 0.4) is 0 Å². The molecule has 3 unspecified atom stereocenters. The highest BCUT2D eigenvalue weighted by atomic mass is 16.6. The summed E-state index contributed by atoms with van der Waals surface area (Å²) in [5.74, 6) is -3.54. The quantitative estimate of drug-likeness (QED) is 0.280. The number of fused-ring (bicyclic) bond motifs is 1. The number of carboxylic acids is 1. The Balaban J connectivity index is 1.53. The Hall–Kier alpha value is -4.99. The van der Waals surface area contributed by atoms with Crippen LogP contribution in [0.5, 0.6) is 5.75 Å². The third-order valence-corrected chi connectivity index (χ3v) is 7.95. The molecule has 16 heteroatoms. The molecule has 47 heavy (non-hydrogen) atoms. The zero-order valence-electron chi connectivity index (χ0n) is 26.5. The summed E-state index contributed by atoms with van der Waals surface area (Å²) in [6.07, 6.45) is -1.94. The SMILES string of the molecule is CCOC(=O)N1CCN(C(=O)C(CCC(=O)O)NC(=O)c2cc(OCC(=O)N3CC(O)CC3C(=O)OC)c3ccc(C)cc3n2)CC1. The molecule has 0 radical (unpaired) electrons. The predicted octanol–water partition coefficient (Wildman–Crippen LogP) is 0.321. The Morgan fingerprint density at radius 1 is 1.06 bits per heavy atom. The Kier molecular flexibility index (Phi) is 11.5. The lowest BCUT2D eigenvalue weighted by atomic mass is 10.1. The average Bonchev–Trinajstić information content (AvgIpc) is 3.45. The number of amides is 4. The number of hydrogen-bond acceptors (Lipinski definition) is 11. The first-order chi connectivity index (χ1) is 22.4. The van der Waals surface area contributed by atoms with Crippen molar-refractivity contribution in [2.45, 2.75) is 51.3 Å². The number of nitrogens with one attached hydrogen (secondary N) is 1. The van der Waals surface area contributed by atoms with Crippen molar-refractivity contribution in [2.24, 2.45) is 0 Å². The van der Waals surface area contributed by atoms with E-state index < -0.39 is 67.0 Å². The van der Waals surface area contributed by atoms with Gasteiger partial charge in [0.15, 0.2) is 6.61 Å². The molecule has 2 aliphatic heterocycles. The van der Waals surface area contributed by atoms with Gasteiger partial charge >= 0.3 is 18.0 Å². The van der Waals surface area contributed by atoms with Gasteiger partial charge < -0.3 is 44.4 Å². The molecule has 2 saturated heterocycles. The van der Waals surface area contributed by atoms with Crippen molar-refractivity contribution in [1.82, 2.24) is 25.0 Å². The van der Waals surface area contributed by atoms with Crippen LogP contribution < -0.4 is 10.1 Å². The minimum Gasteiger partial charge on any atom is -0.483 e. The van der Waals surface area contributed by atoms with Crippen LogP contribution in [0.2, 0.25) is 0 Å². The monoisotopic (exact) mass is 657 g/mol. The Bertz CT molecular complexity index is 1520. The van der Waals surface area contributed by atoms with Gasteiger partial charge in [-0.15, -0.1) is 0 Å². The molecule has 0 bridgehead atoms. The maximum Gasteiger partial charge on any atom is 0.409 e. The van der Waals surface area contributed by atoms with E-state index in [9.17, 15) is 39.0 Å². The molecule has 4 rings (SSSR count). The molecule has 0 saturated carbocycles. The van der Waals surface area contributed by atoms with E-state index >= 15 is 0 Å². The van der Waals surface area contributed by atoms with Crippen molar-refractivity contribution in [1.29, 1.82) is 0 Å². The van der Waals surface area contributed by atoms with E-state index in [1.165, 1.54) is 27.9 Å². The van der Waals surface area contributed by atoms with Gasteiger partial charge in [-0.05, 0) is 38.0 Å². The number of likely N-dealkylation sites (tertiary alicyclic amines) is 1. The number of nitrogens with zero attached hydrogens (tertiary/aromatic N) is 4. The van der Waals surface area contributed by atoms with Crippen LogP contribution in [0.4, 0.5) is 4.79 Å². The first-order valence-electron chi connectivity index (χ1n) is 15.2. The van der Waals surface area contributed by atoms with Crippen LogP contribution in [0.25, 0.3) is 10.9 Å². The third kappa shape index (κ3) is 8.64. The normalized spacial score (nSPS) is 18.4. The summed E-state index contributed by atoms with van der Waals surface area (Å²) in [7, 11) is 1.19. The largest absolute Gasteiger partial charge is 0.483 e. The Morgan fingerprint density at radius 2 is 1.77 bits per heavy atom. The van der Waals surface area contributed by atoms with E-state index in [1.54, 1.807) is 25.1 Å². The second-order valence-electron chi connectivity index (χ2n) is 11.3. The fourth-order valence-corrected chi connectivity index (χ4v) is 5.52. The molecule has 16 nitrogen and oxygen atoms in total. The highest BCUT2D eigenvalue weighted by molar-refractivity contribution is 5.99. The van der Waals surface area contributed by atoms with Gasteiger partial charge in [0.1, 0.15) is 23.5 Å². The summed E-state index contributed by atoms with van der Waals surface area (Å²) >= 11 is 0. The predicted molar refractivity (Wildman–Crippen MR) is 163 cm³/mol. The van der Waals surface area contributed by atoms with E-state index in [-0.39, 0.29) is 63.6 Å². The number of aromatic nitrogens is 1. The standard InChI is InChI=1S/C31H39N5O11/c1-4-46-31(44)35-11-9-34(10-12-35)29(42)21(7-8-27(39)40)33-28(41)23-15-25(20-6-5-18(2)13-22(20)32-23)47-17-26(38)36-16-19(37)14-24(36)30(43)45-3/h5-6,13,15,19,21,24,37H,4,7-12,14,16-17H2,1-3H3,(H,33,41)(H,39,40). The number of aliphatic carboxylic acids is 1. The molecule has 254 valence electrons. The topological polar surface area (TPSA) is 205 Å². The Morgan fingerprint density at radius 3 is 2.43 bits per heavy atom. The zero-order chi connectivity index (χ0) is 34.2. The number of methoxy groups -OCH3 is 1. The minimum atomic E-state index is -1.20. The summed E-state index contributed by atoms with van der Waals surface area (Å²) in [5.41, 5.74) is 1.05. The van der Waals surface area contributed by atoms with Crippen LogP contribution in [0.1, 0.15) is 42.2 Å². The number of β-amino-alcohol motifs (C(OH)–C–C–N with tert-alkyl or cyclic N) is 1. The van der Waals surface area contributed by atoms with E-state index in [0.29, 0.717) is 10.9 Å². The summed E-state index contributed by atoms with van der Waals surface area (Å²) in [5, 5.41) is 22.5. The number of esters is 1. The molecular formula is C31H39N5O11. The van der Waals surface area contributed by atoms with E-state index in [2.05, 4.69) is 10.3 Å². The average molecular weight is 658 g/mol. The zero-order valence-corrected chi connectivity index (χ0v) is 26.5. The molecule has 3 N–H and O–H groups in total. The maximum absolute atomic E-state index is 13.5. The number of carbonyl (C=O) groups is 6. The van der Waals surface area contributed by atoms with Gasteiger partial charge in [0.05, 0.1) is 25.3 Å². The van der Waals surface area contributed by atoms with Crippen molar-refractivity contribution >= 4 is 46.7 Å². The molecule has 4 amide bonds. The number of aryl methyl sites for hydroxylation is 1.